The van der Waals surface area contributed by atoms with Crippen molar-refractivity contribution in [2.24, 2.45) is 0 Å². The van der Waals surface area contributed by atoms with Crippen molar-refractivity contribution in [1.82, 2.24) is 9.78 Å². The van der Waals surface area contributed by atoms with Crippen molar-refractivity contribution < 1.29 is 32.6 Å². The summed E-state index contributed by atoms with van der Waals surface area (Å²) < 4.78 is 45.8. The van der Waals surface area contributed by atoms with Gasteiger partial charge < -0.3 is 9.84 Å². The van der Waals surface area contributed by atoms with E-state index in [2.05, 4.69) is 5.10 Å². The predicted molar refractivity (Wildman–Crippen MR) is 87.5 cm³/mol. The molecule has 0 saturated heterocycles. The molecule has 0 spiro atoms. The SMILES string of the molecule is C[C@@H]1C[C@H](C(F)(F)F)n2nc(C(=O)O)cc2N1C(=O)OCc1ccccc1. The molecule has 144 valence electrons. The molecule has 1 aliphatic rings. The number of carbonyl (C=O) groups excluding carboxylic acids is 1. The number of amides is 1. The number of aromatic nitrogens is 2. The summed E-state index contributed by atoms with van der Waals surface area (Å²) in [5.74, 6) is -1.74. The summed E-state index contributed by atoms with van der Waals surface area (Å²) in [7, 11) is 0. The highest BCUT2D eigenvalue weighted by Gasteiger charge is 2.49. The number of fused-ring (bicyclic) bond motifs is 1. The smallest absolute Gasteiger partial charge is 0.416 e. The van der Waals surface area contributed by atoms with Crippen molar-refractivity contribution in [1.29, 1.82) is 0 Å². The lowest BCUT2D eigenvalue weighted by Crippen LogP contribution is -2.48. The Bertz CT molecular complexity index is 851. The normalized spacial score (nSPS) is 19.5. The summed E-state index contributed by atoms with van der Waals surface area (Å²) >= 11 is 0. The second kappa shape index (κ2) is 6.93. The van der Waals surface area contributed by atoms with Crippen LogP contribution < -0.4 is 4.90 Å². The highest BCUT2D eigenvalue weighted by Crippen LogP contribution is 2.42. The largest absolute Gasteiger partial charge is 0.476 e. The lowest BCUT2D eigenvalue weighted by atomic mass is 10.0. The van der Waals surface area contributed by atoms with Crippen molar-refractivity contribution >= 4 is 17.9 Å². The number of hydrogen-bond acceptors (Lipinski definition) is 4. The first-order valence-electron chi connectivity index (χ1n) is 8.08. The molecule has 1 amide bonds. The molecular formula is C17H16F3N3O4. The van der Waals surface area contributed by atoms with Crippen LogP contribution in [0.15, 0.2) is 36.4 Å². The lowest BCUT2D eigenvalue weighted by molar-refractivity contribution is -0.174. The average molecular weight is 383 g/mol. The topological polar surface area (TPSA) is 84.7 Å². The Morgan fingerprint density at radius 2 is 1.96 bits per heavy atom. The van der Waals surface area contributed by atoms with Crippen LogP contribution in [0.5, 0.6) is 0 Å². The second-order valence-electron chi connectivity index (χ2n) is 6.19. The van der Waals surface area contributed by atoms with E-state index >= 15 is 0 Å². The quantitative estimate of drug-likeness (QED) is 0.875. The van der Waals surface area contributed by atoms with Crippen LogP contribution in [0.2, 0.25) is 0 Å². The number of benzene rings is 1. The van der Waals surface area contributed by atoms with Crippen molar-refractivity contribution in [2.75, 3.05) is 4.90 Å². The zero-order chi connectivity index (χ0) is 19.8. The number of carboxylic acids is 1. The third-order valence-corrected chi connectivity index (χ3v) is 4.26. The molecule has 0 bridgehead atoms. The van der Waals surface area contributed by atoms with Crippen molar-refractivity contribution in [2.45, 2.75) is 38.2 Å². The summed E-state index contributed by atoms with van der Waals surface area (Å²) in [6.07, 6.45) is -5.97. The van der Waals surface area contributed by atoms with Gasteiger partial charge in [0.05, 0.1) is 0 Å². The zero-order valence-electron chi connectivity index (χ0n) is 14.2. The van der Waals surface area contributed by atoms with E-state index in [0.717, 1.165) is 11.0 Å². The summed E-state index contributed by atoms with van der Waals surface area (Å²) in [6, 6.07) is 6.85. The van der Waals surface area contributed by atoms with Crippen molar-refractivity contribution in [3.8, 4) is 0 Å². The summed E-state index contributed by atoms with van der Waals surface area (Å²) in [5.41, 5.74) is 0.137. The molecule has 1 N–H and O–H groups in total. The second-order valence-corrected chi connectivity index (χ2v) is 6.19. The van der Waals surface area contributed by atoms with E-state index in [0.29, 0.717) is 10.2 Å². The van der Waals surface area contributed by atoms with E-state index in [-0.39, 0.29) is 12.4 Å². The molecule has 7 nitrogen and oxygen atoms in total. The van der Waals surface area contributed by atoms with Gasteiger partial charge in [0.1, 0.15) is 12.4 Å². The first-order chi connectivity index (χ1) is 12.7. The molecule has 3 rings (SSSR count). The van der Waals surface area contributed by atoms with E-state index in [1.54, 1.807) is 30.3 Å². The van der Waals surface area contributed by atoms with Crippen molar-refractivity contribution in [3.63, 3.8) is 0 Å². The van der Waals surface area contributed by atoms with Gasteiger partial charge in [-0.3, -0.25) is 4.90 Å². The van der Waals surface area contributed by atoms with Gasteiger partial charge in [-0.15, -0.1) is 0 Å². The minimum Gasteiger partial charge on any atom is -0.476 e. The number of carbonyl (C=O) groups is 2. The van der Waals surface area contributed by atoms with Gasteiger partial charge in [0, 0.05) is 12.1 Å². The van der Waals surface area contributed by atoms with Gasteiger partial charge in [-0.05, 0) is 18.9 Å². The Kier molecular flexibility index (Phi) is 4.81. The van der Waals surface area contributed by atoms with E-state index in [9.17, 15) is 22.8 Å². The lowest BCUT2D eigenvalue weighted by Gasteiger charge is -2.37. The first-order valence-corrected chi connectivity index (χ1v) is 8.08. The molecule has 0 saturated carbocycles. The molecule has 0 radical (unpaired) electrons. The number of anilines is 1. The van der Waals surface area contributed by atoms with Crippen molar-refractivity contribution in [3.05, 3.63) is 47.7 Å². The zero-order valence-corrected chi connectivity index (χ0v) is 14.2. The number of nitrogens with zero attached hydrogens (tertiary/aromatic N) is 3. The third kappa shape index (κ3) is 3.74. The number of hydrogen-bond donors (Lipinski definition) is 1. The Labute approximate surface area is 151 Å². The maximum Gasteiger partial charge on any atom is 0.416 e. The molecule has 2 atom stereocenters. The number of carboxylic acid groups (broad SMARTS) is 1. The fraction of sp³-hybridized carbons (Fsp3) is 0.353. The van der Waals surface area contributed by atoms with Gasteiger partial charge in [0.15, 0.2) is 11.7 Å². The van der Waals surface area contributed by atoms with E-state index < -0.39 is 42.4 Å². The van der Waals surface area contributed by atoms with E-state index in [4.69, 9.17) is 9.84 Å². The number of ether oxygens (including phenoxy) is 1. The molecule has 0 aliphatic carbocycles. The predicted octanol–water partition coefficient (Wildman–Crippen LogP) is 3.62. The van der Waals surface area contributed by atoms with E-state index in [1.165, 1.54) is 6.92 Å². The van der Waals surface area contributed by atoms with E-state index in [1.807, 2.05) is 0 Å². The Morgan fingerprint density at radius 1 is 1.30 bits per heavy atom. The molecule has 10 heteroatoms. The molecule has 0 fully saturated rings. The van der Waals surface area contributed by atoms with Crippen LogP contribution >= 0.6 is 0 Å². The van der Waals surface area contributed by atoms with Crippen LogP contribution in [0.3, 0.4) is 0 Å². The molecule has 1 aromatic carbocycles. The molecule has 27 heavy (non-hydrogen) atoms. The summed E-state index contributed by atoms with van der Waals surface area (Å²) in [6.45, 7) is 1.38. The summed E-state index contributed by atoms with van der Waals surface area (Å²) in [4.78, 5) is 24.7. The fourth-order valence-electron chi connectivity index (χ4n) is 2.99. The van der Waals surface area contributed by atoms with Gasteiger partial charge >= 0.3 is 18.2 Å². The van der Waals surface area contributed by atoms with Crippen LogP contribution in [0.1, 0.15) is 35.4 Å². The van der Waals surface area contributed by atoms with Gasteiger partial charge in [-0.25, -0.2) is 14.3 Å². The maximum atomic E-state index is 13.4. The van der Waals surface area contributed by atoms with Gasteiger partial charge in [-0.2, -0.15) is 18.3 Å². The Hall–Kier alpha value is -3.04. The highest BCUT2D eigenvalue weighted by molar-refractivity contribution is 5.91. The molecule has 2 aromatic rings. The minimum absolute atomic E-state index is 0.0640. The minimum atomic E-state index is -4.63. The van der Waals surface area contributed by atoms with Crippen LogP contribution in [0, 0.1) is 0 Å². The molecule has 1 aliphatic heterocycles. The van der Waals surface area contributed by atoms with Crippen LogP contribution in [-0.4, -0.2) is 39.2 Å². The average Bonchev–Trinajstić information content (AvgIpc) is 3.04. The number of rotatable bonds is 3. The Balaban J connectivity index is 1.91. The summed E-state index contributed by atoms with van der Waals surface area (Å²) in [5, 5.41) is 12.6. The maximum absolute atomic E-state index is 13.4. The standard InChI is InChI=1S/C17H16F3N3O4/c1-10-7-13(17(18,19)20)23-14(8-12(21-23)15(24)25)22(10)16(26)27-9-11-5-3-2-4-6-11/h2-6,8,10,13H,7,9H2,1H3,(H,24,25)/t10-,13-/m1/s1. The number of aromatic carboxylic acids is 1. The van der Waals surface area contributed by atoms with Crippen LogP contribution in [-0.2, 0) is 11.3 Å². The van der Waals surface area contributed by atoms with Gasteiger partial charge in [0.25, 0.3) is 0 Å². The third-order valence-electron chi connectivity index (χ3n) is 4.26. The van der Waals surface area contributed by atoms with Crippen LogP contribution in [0.4, 0.5) is 23.8 Å². The van der Waals surface area contributed by atoms with Gasteiger partial charge in [0.2, 0.25) is 0 Å². The molecular weight excluding hydrogens is 367 g/mol. The Morgan fingerprint density at radius 3 is 2.56 bits per heavy atom. The molecule has 1 aromatic heterocycles. The molecule has 2 heterocycles. The first kappa shape index (κ1) is 18.7. The monoisotopic (exact) mass is 383 g/mol. The number of halogens is 3. The number of alkyl halides is 3. The fourth-order valence-corrected chi connectivity index (χ4v) is 2.99. The highest BCUT2D eigenvalue weighted by atomic mass is 19.4. The van der Waals surface area contributed by atoms with Crippen LogP contribution in [0.25, 0.3) is 0 Å². The van der Waals surface area contributed by atoms with Gasteiger partial charge in [-0.1, -0.05) is 30.3 Å². The molecule has 0 unspecified atom stereocenters.